The van der Waals surface area contributed by atoms with Crippen molar-refractivity contribution < 1.29 is 0 Å². The summed E-state index contributed by atoms with van der Waals surface area (Å²) in [6, 6.07) is 1.33. The van der Waals surface area contributed by atoms with Gasteiger partial charge >= 0.3 is 0 Å². The highest BCUT2D eigenvalue weighted by Gasteiger charge is 2.28. The van der Waals surface area contributed by atoms with Crippen LogP contribution in [-0.2, 0) is 0 Å². The number of likely N-dealkylation sites (N-methyl/N-ethyl adjacent to an activating group) is 1. The fourth-order valence-electron chi connectivity index (χ4n) is 3.48. The summed E-state index contributed by atoms with van der Waals surface area (Å²) in [7, 11) is 0. The third kappa shape index (κ3) is 4.06. The van der Waals surface area contributed by atoms with Gasteiger partial charge in [-0.15, -0.1) is 0 Å². The van der Waals surface area contributed by atoms with Crippen molar-refractivity contribution in [3.05, 3.63) is 0 Å². The zero-order valence-electron chi connectivity index (χ0n) is 12.5. The molecular weight excluding hydrogens is 254 g/mol. The molecule has 110 valence electrons. The molecule has 0 aromatic rings. The molecule has 0 spiro atoms. The molecule has 4 heteroatoms. The van der Waals surface area contributed by atoms with Crippen LogP contribution in [0.2, 0.25) is 0 Å². The van der Waals surface area contributed by atoms with Gasteiger partial charge in [0, 0.05) is 25.2 Å². The fraction of sp³-hybridized carbons (Fsp3) is 0.933. The molecule has 1 heterocycles. The maximum absolute atomic E-state index is 5.60. The first kappa shape index (κ1) is 15.0. The maximum atomic E-state index is 5.60. The van der Waals surface area contributed by atoms with Crippen LogP contribution >= 0.6 is 12.2 Å². The van der Waals surface area contributed by atoms with Gasteiger partial charge < -0.3 is 10.2 Å². The van der Waals surface area contributed by atoms with E-state index in [1.54, 1.807) is 0 Å². The lowest BCUT2D eigenvalue weighted by molar-refractivity contribution is 0.223. The van der Waals surface area contributed by atoms with Gasteiger partial charge in [0.15, 0.2) is 5.11 Å². The molecule has 0 radical (unpaired) electrons. The Bertz CT molecular complexity index is 285. The van der Waals surface area contributed by atoms with Crippen molar-refractivity contribution in [2.45, 2.75) is 64.5 Å². The topological polar surface area (TPSA) is 18.5 Å². The molecule has 2 fully saturated rings. The lowest BCUT2D eigenvalue weighted by Crippen LogP contribution is -2.46. The third-order valence-corrected chi connectivity index (χ3v) is 5.09. The van der Waals surface area contributed by atoms with Crippen molar-refractivity contribution in [1.82, 2.24) is 15.1 Å². The average molecular weight is 283 g/mol. The van der Waals surface area contributed by atoms with Crippen LogP contribution in [0.1, 0.15) is 52.4 Å². The molecule has 2 rings (SSSR count). The molecule has 0 bridgehead atoms. The fourth-order valence-corrected chi connectivity index (χ4v) is 3.81. The highest BCUT2D eigenvalue weighted by atomic mass is 32.1. The Morgan fingerprint density at radius 3 is 2.47 bits per heavy atom. The average Bonchev–Trinajstić information content (AvgIpc) is 2.91. The van der Waals surface area contributed by atoms with Crippen molar-refractivity contribution in [2.24, 2.45) is 0 Å². The van der Waals surface area contributed by atoms with Gasteiger partial charge in [-0.3, -0.25) is 4.90 Å². The van der Waals surface area contributed by atoms with Gasteiger partial charge in [-0.05, 0) is 44.6 Å². The summed E-state index contributed by atoms with van der Waals surface area (Å²) in [6.07, 6.45) is 7.98. The monoisotopic (exact) mass is 283 g/mol. The first-order valence-corrected chi connectivity index (χ1v) is 8.44. The summed E-state index contributed by atoms with van der Waals surface area (Å²) in [4.78, 5) is 4.94. The number of rotatable bonds is 4. The normalized spacial score (nSPS) is 25.0. The molecule has 0 aromatic carbocycles. The predicted octanol–water partition coefficient (Wildman–Crippen LogP) is 2.61. The summed E-state index contributed by atoms with van der Waals surface area (Å²) in [6.45, 7) is 9.05. The van der Waals surface area contributed by atoms with E-state index in [0.717, 1.165) is 31.3 Å². The van der Waals surface area contributed by atoms with Crippen LogP contribution in [0.4, 0.5) is 0 Å². The van der Waals surface area contributed by atoms with E-state index in [0.29, 0.717) is 12.1 Å². The number of thiocarbonyl (C=S) groups is 1. The lowest BCUT2D eigenvalue weighted by atomic mass is 9.96. The number of likely N-dealkylation sites (tertiary alicyclic amines) is 1. The molecule has 1 saturated heterocycles. The summed E-state index contributed by atoms with van der Waals surface area (Å²) < 4.78 is 0. The maximum Gasteiger partial charge on any atom is 0.169 e. The van der Waals surface area contributed by atoms with Crippen LogP contribution in [0.3, 0.4) is 0 Å². The first-order valence-electron chi connectivity index (χ1n) is 8.04. The zero-order valence-corrected chi connectivity index (χ0v) is 13.3. The molecular formula is C15H29N3S. The second-order valence-electron chi connectivity index (χ2n) is 5.89. The minimum Gasteiger partial charge on any atom is -0.360 e. The van der Waals surface area contributed by atoms with Crippen molar-refractivity contribution in [3.8, 4) is 0 Å². The molecule has 1 saturated carbocycles. The molecule has 1 aliphatic heterocycles. The van der Waals surface area contributed by atoms with E-state index >= 15 is 0 Å². The molecule has 19 heavy (non-hydrogen) atoms. The molecule has 1 aliphatic carbocycles. The molecule has 0 amide bonds. The Morgan fingerprint density at radius 1 is 1.16 bits per heavy atom. The van der Waals surface area contributed by atoms with Gasteiger partial charge in [0.2, 0.25) is 0 Å². The summed E-state index contributed by atoms with van der Waals surface area (Å²) in [5.74, 6) is 0. The van der Waals surface area contributed by atoms with Crippen LogP contribution in [0, 0.1) is 0 Å². The molecule has 0 aromatic heterocycles. The summed E-state index contributed by atoms with van der Waals surface area (Å²) in [5.41, 5.74) is 0. The Labute approximate surface area is 123 Å². The molecule has 1 atom stereocenters. The first-order chi connectivity index (χ1) is 9.24. The second-order valence-corrected chi connectivity index (χ2v) is 6.28. The van der Waals surface area contributed by atoms with Crippen molar-refractivity contribution in [2.75, 3.05) is 26.2 Å². The quantitative estimate of drug-likeness (QED) is 0.799. The van der Waals surface area contributed by atoms with E-state index in [9.17, 15) is 0 Å². The van der Waals surface area contributed by atoms with Crippen molar-refractivity contribution in [1.29, 1.82) is 0 Å². The molecule has 2 aliphatic rings. The number of hydrogen-bond donors (Lipinski definition) is 1. The van der Waals surface area contributed by atoms with E-state index in [1.807, 2.05) is 0 Å². The zero-order chi connectivity index (χ0) is 13.7. The summed E-state index contributed by atoms with van der Waals surface area (Å²) in [5, 5.41) is 4.60. The minimum absolute atomic E-state index is 0.633. The van der Waals surface area contributed by atoms with E-state index in [1.165, 1.54) is 38.5 Å². The van der Waals surface area contributed by atoms with Crippen LogP contribution in [0.5, 0.6) is 0 Å². The molecule has 1 unspecified atom stereocenters. The van der Waals surface area contributed by atoms with Gasteiger partial charge in [0.05, 0.1) is 0 Å². The van der Waals surface area contributed by atoms with Gasteiger partial charge in [-0.2, -0.15) is 0 Å². The van der Waals surface area contributed by atoms with Crippen LogP contribution in [0.25, 0.3) is 0 Å². The SMILES string of the molecule is CCN(CC)C1CCN(C(=S)NC2CCCCC2)C1. The van der Waals surface area contributed by atoms with Gasteiger partial charge in [-0.1, -0.05) is 33.1 Å². The number of nitrogens with zero attached hydrogens (tertiary/aromatic N) is 2. The highest BCUT2D eigenvalue weighted by molar-refractivity contribution is 7.80. The Balaban J connectivity index is 1.77. The largest absolute Gasteiger partial charge is 0.360 e. The number of nitrogens with one attached hydrogen (secondary N) is 1. The van der Waals surface area contributed by atoms with Gasteiger partial charge in [-0.25, -0.2) is 0 Å². The molecule has 1 N–H and O–H groups in total. The minimum atomic E-state index is 0.633. The summed E-state index contributed by atoms with van der Waals surface area (Å²) >= 11 is 5.60. The van der Waals surface area contributed by atoms with E-state index in [2.05, 4.69) is 29.0 Å². The Kier molecular flexibility index (Phi) is 5.89. The van der Waals surface area contributed by atoms with Crippen molar-refractivity contribution >= 4 is 17.3 Å². The number of hydrogen-bond acceptors (Lipinski definition) is 2. The Morgan fingerprint density at radius 2 is 1.84 bits per heavy atom. The highest BCUT2D eigenvalue weighted by Crippen LogP contribution is 2.19. The van der Waals surface area contributed by atoms with E-state index in [4.69, 9.17) is 12.2 Å². The van der Waals surface area contributed by atoms with E-state index < -0.39 is 0 Å². The third-order valence-electron chi connectivity index (χ3n) is 4.71. The smallest absolute Gasteiger partial charge is 0.169 e. The standard InChI is InChI=1S/C15H29N3S/c1-3-17(4-2)14-10-11-18(12-14)15(19)16-13-8-6-5-7-9-13/h13-14H,3-12H2,1-2H3,(H,16,19). The lowest BCUT2D eigenvalue weighted by Gasteiger charge is -2.29. The predicted molar refractivity (Wildman–Crippen MR) is 85.5 cm³/mol. The van der Waals surface area contributed by atoms with Crippen LogP contribution in [0.15, 0.2) is 0 Å². The van der Waals surface area contributed by atoms with E-state index in [-0.39, 0.29) is 0 Å². The second kappa shape index (κ2) is 7.44. The van der Waals surface area contributed by atoms with Gasteiger partial charge in [0.25, 0.3) is 0 Å². The van der Waals surface area contributed by atoms with Crippen LogP contribution in [-0.4, -0.2) is 53.2 Å². The van der Waals surface area contributed by atoms with Crippen LogP contribution < -0.4 is 5.32 Å². The Hall–Kier alpha value is -0.350. The van der Waals surface area contributed by atoms with Crippen molar-refractivity contribution in [3.63, 3.8) is 0 Å². The van der Waals surface area contributed by atoms with Gasteiger partial charge in [0.1, 0.15) is 0 Å². The molecule has 3 nitrogen and oxygen atoms in total.